The lowest BCUT2D eigenvalue weighted by molar-refractivity contribution is -0.141. The van der Waals surface area contributed by atoms with Gasteiger partial charge in [0.15, 0.2) is 5.69 Å². The summed E-state index contributed by atoms with van der Waals surface area (Å²) in [5.74, 6) is -0.124. The third kappa shape index (κ3) is 5.10. The summed E-state index contributed by atoms with van der Waals surface area (Å²) in [6, 6.07) is 9.65. The molecule has 0 radical (unpaired) electrons. The highest BCUT2D eigenvalue weighted by Gasteiger charge is 2.33. The molecule has 0 amide bonds. The van der Waals surface area contributed by atoms with Crippen LogP contribution in [-0.4, -0.2) is 27.7 Å². The van der Waals surface area contributed by atoms with E-state index in [4.69, 9.17) is 5.11 Å². The number of nitrogens with one attached hydrogen (secondary N) is 2. The lowest BCUT2D eigenvalue weighted by Crippen LogP contribution is -2.22. The van der Waals surface area contributed by atoms with Crippen molar-refractivity contribution >= 4 is 11.8 Å². The molecule has 0 fully saturated rings. The molecule has 0 aliphatic rings. The highest BCUT2D eigenvalue weighted by molar-refractivity contribution is 5.44. The molecule has 0 unspecified atom stereocenters. The molecule has 2 rings (SSSR count). The first kappa shape index (κ1) is 17.0. The number of nitrogens with zero attached hydrogens (tertiary/aromatic N) is 2. The second kappa shape index (κ2) is 7.28. The molecule has 1 atom stereocenters. The number of alkyl halides is 3. The molecule has 1 aromatic heterocycles. The molecule has 0 aliphatic carbocycles. The highest BCUT2D eigenvalue weighted by Crippen LogP contribution is 2.29. The maximum absolute atomic E-state index is 12.9. The van der Waals surface area contributed by atoms with Gasteiger partial charge < -0.3 is 15.7 Å². The van der Waals surface area contributed by atoms with Gasteiger partial charge in [0.05, 0.1) is 6.61 Å². The molecule has 3 N–H and O–H groups in total. The molecule has 0 spiro atoms. The van der Waals surface area contributed by atoms with Crippen LogP contribution in [0.4, 0.5) is 24.9 Å². The summed E-state index contributed by atoms with van der Waals surface area (Å²) in [7, 11) is 0. The largest absolute Gasteiger partial charge is 0.433 e. The Labute approximate surface area is 131 Å². The van der Waals surface area contributed by atoms with Gasteiger partial charge in [0.1, 0.15) is 5.82 Å². The van der Waals surface area contributed by atoms with Crippen molar-refractivity contribution in [3.05, 3.63) is 47.7 Å². The minimum Gasteiger partial charge on any atom is -0.394 e. The molecule has 0 saturated carbocycles. The van der Waals surface area contributed by atoms with E-state index in [2.05, 4.69) is 20.6 Å². The Morgan fingerprint density at radius 1 is 1.17 bits per heavy atom. The Morgan fingerprint density at radius 3 is 2.48 bits per heavy atom. The molecule has 124 valence electrons. The van der Waals surface area contributed by atoms with Crippen molar-refractivity contribution in [3.8, 4) is 0 Å². The summed E-state index contributed by atoms with van der Waals surface area (Å²) in [6.07, 6.45) is -4.58. The van der Waals surface area contributed by atoms with Crippen molar-refractivity contribution in [2.24, 2.45) is 0 Å². The Morgan fingerprint density at radius 2 is 1.87 bits per heavy atom. The van der Waals surface area contributed by atoms with Gasteiger partial charge in [0.2, 0.25) is 5.95 Å². The molecule has 5 nitrogen and oxygen atoms in total. The van der Waals surface area contributed by atoms with Crippen LogP contribution in [0.1, 0.15) is 18.2 Å². The molecule has 0 aliphatic heterocycles. The monoisotopic (exact) mass is 326 g/mol. The average Bonchev–Trinajstić information content (AvgIpc) is 2.53. The maximum Gasteiger partial charge on any atom is 0.433 e. The molecular formula is C15H17F3N4O. The number of hydrogen-bond acceptors (Lipinski definition) is 5. The van der Waals surface area contributed by atoms with Crippen LogP contribution in [0.3, 0.4) is 0 Å². The van der Waals surface area contributed by atoms with Crippen molar-refractivity contribution < 1.29 is 18.3 Å². The molecule has 8 heteroatoms. The molecular weight excluding hydrogens is 309 g/mol. The van der Waals surface area contributed by atoms with E-state index in [9.17, 15) is 13.2 Å². The lowest BCUT2D eigenvalue weighted by Gasteiger charge is -2.15. The summed E-state index contributed by atoms with van der Waals surface area (Å²) < 4.78 is 38.8. The third-order valence-electron chi connectivity index (χ3n) is 2.98. The number of aromatic nitrogens is 2. The summed E-state index contributed by atoms with van der Waals surface area (Å²) >= 11 is 0. The van der Waals surface area contributed by atoms with Gasteiger partial charge in [0, 0.05) is 18.7 Å². The first-order valence-corrected chi connectivity index (χ1v) is 7.00. The van der Waals surface area contributed by atoms with E-state index < -0.39 is 17.9 Å². The van der Waals surface area contributed by atoms with Gasteiger partial charge in [-0.3, -0.25) is 0 Å². The second-order valence-electron chi connectivity index (χ2n) is 5.03. The fraction of sp³-hybridized carbons (Fsp3) is 0.333. The molecule has 23 heavy (non-hydrogen) atoms. The number of hydrogen-bond donors (Lipinski definition) is 3. The fourth-order valence-electron chi connectivity index (χ4n) is 1.80. The maximum atomic E-state index is 12.9. The SMILES string of the molecule is C[C@@H](CO)Nc1nc(NCc2ccccc2)cc(C(F)(F)F)n1. The number of halogens is 3. The Balaban J connectivity index is 2.21. The van der Waals surface area contributed by atoms with Crippen LogP contribution in [0, 0.1) is 0 Å². The van der Waals surface area contributed by atoms with E-state index in [1.807, 2.05) is 30.3 Å². The van der Waals surface area contributed by atoms with Crippen molar-refractivity contribution in [2.45, 2.75) is 25.7 Å². The average molecular weight is 326 g/mol. The van der Waals surface area contributed by atoms with Crippen LogP contribution in [0.25, 0.3) is 0 Å². The number of aliphatic hydroxyl groups excluding tert-OH is 1. The van der Waals surface area contributed by atoms with Crippen LogP contribution in [0.15, 0.2) is 36.4 Å². The minimum atomic E-state index is -4.58. The van der Waals surface area contributed by atoms with Crippen LogP contribution >= 0.6 is 0 Å². The minimum absolute atomic E-state index is 0.0591. The van der Waals surface area contributed by atoms with E-state index in [1.54, 1.807) is 6.92 Å². The summed E-state index contributed by atoms with van der Waals surface area (Å²) in [6.45, 7) is 1.71. The predicted molar refractivity (Wildman–Crippen MR) is 81.0 cm³/mol. The van der Waals surface area contributed by atoms with Crippen molar-refractivity contribution in [3.63, 3.8) is 0 Å². The van der Waals surface area contributed by atoms with Gasteiger partial charge in [-0.25, -0.2) is 4.98 Å². The van der Waals surface area contributed by atoms with Gasteiger partial charge in [-0.15, -0.1) is 0 Å². The van der Waals surface area contributed by atoms with Gasteiger partial charge in [0.25, 0.3) is 0 Å². The number of rotatable bonds is 6. The molecule has 0 saturated heterocycles. The highest BCUT2D eigenvalue weighted by atomic mass is 19.4. The summed E-state index contributed by atoms with van der Waals surface area (Å²) in [5, 5.41) is 14.5. The third-order valence-corrected chi connectivity index (χ3v) is 2.98. The van der Waals surface area contributed by atoms with Gasteiger partial charge >= 0.3 is 6.18 Å². The van der Waals surface area contributed by atoms with Crippen molar-refractivity contribution in [1.29, 1.82) is 0 Å². The van der Waals surface area contributed by atoms with Crippen LogP contribution in [0.2, 0.25) is 0 Å². The molecule has 2 aromatic rings. The van der Waals surface area contributed by atoms with Gasteiger partial charge in [-0.1, -0.05) is 30.3 Å². The molecule has 1 heterocycles. The van der Waals surface area contributed by atoms with E-state index in [0.29, 0.717) is 6.54 Å². The Hall–Kier alpha value is -2.35. The normalized spacial score (nSPS) is 12.7. The van der Waals surface area contributed by atoms with E-state index in [-0.39, 0.29) is 18.4 Å². The van der Waals surface area contributed by atoms with E-state index >= 15 is 0 Å². The van der Waals surface area contributed by atoms with Crippen LogP contribution in [-0.2, 0) is 12.7 Å². The zero-order valence-electron chi connectivity index (χ0n) is 12.4. The summed E-state index contributed by atoms with van der Waals surface area (Å²) in [5.41, 5.74) is -0.131. The fourth-order valence-corrected chi connectivity index (χ4v) is 1.80. The van der Waals surface area contributed by atoms with E-state index in [1.165, 1.54) is 0 Å². The second-order valence-corrected chi connectivity index (χ2v) is 5.03. The first-order valence-electron chi connectivity index (χ1n) is 7.00. The quantitative estimate of drug-likeness (QED) is 0.761. The van der Waals surface area contributed by atoms with Crippen LogP contribution in [0.5, 0.6) is 0 Å². The number of aliphatic hydroxyl groups is 1. The predicted octanol–water partition coefficient (Wildman–Crippen LogP) is 2.90. The summed E-state index contributed by atoms with van der Waals surface area (Å²) in [4.78, 5) is 7.45. The van der Waals surface area contributed by atoms with Crippen molar-refractivity contribution in [2.75, 3.05) is 17.2 Å². The zero-order chi connectivity index (χ0) is 16.9. The number of benzene rings is 1. The Kier molecular flexibility index (Phi) is 5.38. The van der Waals surface area contributed by atoms with Gasteiger partial charge in [-0.2, -0.15) is 18.2 Å². The number of anilines is 2. The van der Waals surface area contributed by atoms with Crippen LogP contribution < -0.4 is 10.6 Å². The molecule has 1 aromatic carbocycles. The van der Waals surface area contributed by atoms with Crippen molar-refractivity contribution in [1.82, 2.24) is 9.97 Å². The Bertz CT molecular complexity index is 634. The smallest absolute Gasteiger partial charge is 0.394 e. The zero-order valence-corrected chi connectivity index (χ0v) is 12.4. The van der Waals surface area contributed by atoms with E-state index in [0.717, 1.165) is 11.6 Å². The lowest BCUT2D eigenvalue weighted by atomic mass is 10.2. The topological polar surface area (TPSA) is 70.1 Å². The molecule has 0 bridgehead atoms. The first-order chi connectivity index (χ1) is 10.9. The standard InChI is InChI=1S/C15H17F3N4O/c1-10(9-23)20-14-21-12(15(16,17)18)7-13(22-14)19-8-11-5-3-2-4-6-11/h2-7,10,23H,8-9H2,1H3,(H2,19,20,21,22)/t10-/m0/s1. The van der Waals surface area contributed by atoms with Gasteiger partial charge in [-0.05, 0) is 12.5 Å².